The maximum Gasteiger partial charge on any atom is 0.344 e. The van der Waals surface area contributed by atoms with Crippen LogP contribution in [0.1, 0.15) is 45.1 Å². The van der Waals surface area contributed by atoms with Crippen LogP contribution in [0.15, 0.2) is 62.9 Å². The van der Waals surface area contributed by atoms with Gasteiger partial charge in [-0.05, 0) is 89.3 Å². The molecule has 2 aromatic rings. The third-order valence-electron chi connectivity index (χ3n) is 6.12. The molecule has 0 N–H and O–H groups in total. The fourth-order valence-electron chi connectivity index (χ4n) is 4.36. The third-order valence-corrected chi connectivity index (χ3v) is 7.72. The summed E-state index contributed by atoms with van der Waals surface area (Å²) >= 11 is 4.93. The standard InChI is InChI=1S/C27H29BrN2O4S/c1-3-33-25(31)17-34-23-14-13-19(15-21(23)28)16-24-26(32)30(22-12-8-7-9-18(22)2)27(35-24)29-20-10-5-4-6-11-20/h4-6,10-11,13-16,18,22H,3,7-9,12,17H2,1-2H3/b24-16-,29-27?/t18-,22-/m1/s1. The van der Waals surface area contributed by atoms with Gasteiger partial charge >= 0.3 is 5.97 Å². The van der Waals surface area contributed by atoms with Gasteiger partial charge in [-0.25, -0.2) is 9.79 Å². The second-order valence-electron chi connectivity index (χ2n) is 8.63. The Morgan fingerprint density at radius 2 is 1.97 bits per heavy atom. The van der Waals surface area contributed by atoms with Gasteiger partial charge in [-0.1, -0.05) is 44.0 Å². The normalized spacial score (nSPS) is 22.6. The number of amidine groups is 1. The minimum Gasteiger partial charge on any atom is -0.481 e. The lowest BCUT2D eigenvalue weighted by molar-refractivity contribution is -0.145. The van der Waals surface area contributed by atoms with Gasteiger partial charge in [0.15, 0.2) is 11.8 Å². The van der Waals surface area contributed by atoms with Crippen LogP contribution in [0.2, 0.25) is 0 Å². The van der Waals surface area contributed by atoms with Gasteiger partial charge in [0, 0.05) is 6.04 Å². The zero-order chi connectivity index (χ0) is 24.8. The molecule has 0 aromatic heterocycles. The van der Waals surface area contributed by atoms with Crippen LogP contribution < -0.4 is 4.74 Å². The van der Waals surface area contributed by atoms with Gasteiger partial charge in [-0.3, -0.25) is 9.69 Å². The molecule has 2 fully saturated rings. The minimum absolute atomic E-state index is 0.00203. The Kier molecular flexibility index (Phi) is 8.68. The highest BCUT2D eigenvalue weighted by Gasteiger charge is 2.41. The van der Waals surface area contributed by atoms with E-state index in [9.17, 15) is 9.59 Å². The van der Waals surface area contributed by atoms with Crippen LogP contribution in [0.3, 0.4) is 0 Å². The number of hydrogen-bond donors (Lipinski definition) is 0. The highest BCUT2D eigenvalue weighted by molar-refractivity contribution is 9.10. The topological polar surface area (TPSA) is 68.2 Å². The van der Waals surface area contributed by atoms with E-state index in [4.69, 9.17) is 14.5 Å². The lowest BCUT2D eigenvalue weighted by Crippen LogP contribution is -2.44. The first kappa shape index (κ1) is 25.5. The highest BCUT2D eigenvalue weighted by atomic mass is 79.9. The molecular formula is C27H29BrN2O4S. The molecule has 0 unspecified atom stereocenters. The van der Waals surface area contributed by atoms with E-state index >= 15 is 0 Å². The predicted molar refractivity (Wildman–Crippen MR) is 144 cm³/mol. The molecule has 8 heteroatoms. The summed E-state index contributed by atoms with van der Waals surface area (Å²) in [4.78, 5) is 32.6. The first-order valence-electron chi connectivity index (χ1n) is 11.9. The fraction of sp³-hybridized carbons (Fsp3) is 0.370. The molecule has 1 saturated heterocycles. The van der Waals surface area contributed by atoms with Crippen LogP contribution in [0.4, 0.5) is 5.69 Å². The summed E-state index contributed by atoms with van der Waals surface area (Å²) in [5.41, 5.74) is 1.69. The predicted octanol–water partition coefficient (Wildman–Crippen LogP) is 6.57. The maximum absolute atomic E-state index is 13.6. The first-order valence-corrected chi connectivity index (χ1v) is 13.5. The number of benzene rings is 2. The quantitative estimate of drug-likeness (QED) is 0.285. The number of rotatable bonds is 7. The van der Waals surface area contributed by atoms with Crippen molar-refractivity contribution in [2.24, 2.45) is 10.9 Å². The highest BCUT2D eigenvalue weighted by Crippen LogP contribution is 2.40. The van der Waals surface area contributed by atoms with E-state index in [1.807, 2.05) is 53.4 Å². The Bertz CT molecular complexity index is 1140. The second kappa shape index (κ2) is 11.9. The maximum atomic E-state index is 13.6. The van der Waals surface area contributed by atoms with E-state index in [1.54, 1.807) is 13.0 Å². The van der Waals surface area contributed by atoms with Crippen molar-refractivity contribution < 1.29 is 19.1 Å². The summed E-state index contributed by atoms with van der Waals surface area (Å²) in [7, 11) is 0. The second-order valence-corrected chi connectivity index (χ2v) is 10.5. The summed E-state index contributed by atoms with van der Waals surface area (Å²) in [6.07, 6.45) is 6.34. The first-order chi connectivity index (χ1) is 17.0. The molecule has 0 spiro atoms. The molecule has 1 saturated carbocycles. The average molecular weight is 558 g/mol. The average Bonchev–Trinajstić information content (AvgIpc) is 3.14. The molecule has 2 aromatic carbocycles. The molecule has 184 valence electrons. The Morgan fingerprint density at radius 1 is 1.20 bits per heavy atom. The molecule has 1 amide bonds. The van der Waals surface area contributed by atoms with Crippen LogP contribution in [-0.2, 0) is 14.3 Å². The number of thioether (sulfide) groups is 1. The van der Waals surface area contributed by atoms with E-state index in [0.29, 0.717) is 27.7 Å². The largest absolute Gasteiger partial charge is 0.481 e. The van der Waals surface area contributed by atoms with E-state index in [-0.39, 0.29) is 18.6 Å². The van der Waals surface area contributed by atoms with Gasteiger partial charge in [-0.2, -0.15) is 0 Å². The molecular weight excluding hydrogens is 528 g/mol. The van der Waals surface area contributed by atoms with E-state index < -0.39 is 5.97 Å². The van der Waals surface area contributed by atoms with Gasteiger partial charge in [0.25, 0.3) is 5.91 Å². The number of esters is 1. The Labute approximate surface area is 218 Å². The van der Waals surface area contributed by atoms with Crippen LogP contribution in [-0.4, -0.2) is 41.2 Å². The van der Waals surface area contributed by atoms with Crippen LogP contribution in [0, 0.1) is 5.92 Å². The molecule has 0 radical (unpaired) electrons. The number of amides is 1. The lowest BCUT2D eigenvalue weighted by Gasteiger charge is -2.35. The molecule has 0 bridgehead atoms. The number of para-hydroxylation sites is 1. The summed E-state index contributed by atoms with van der Waals surface area (Å²) in [6.45, 7) is 4.14. The van der Waals surface area contributed by atoms with Crippen molar-refractivity contribution in [3.8, 4) is 5.75 Å². The zero-order valence-electron chi connectivity index (χ0n) is 19.9. The molecule has 6 nitrogen and oxygen atoms in total. The Morgan fingerprint density at radius 3 is 2.69 bits per heavy atom. The van der Waals surface area contributed by atoms with Crippen molar-refractivity contribution in [3.63, 3.8) is 0 Å². The number of nitrogens with zero attached hydrogens (tertiary/aromatic N) is 2. The van der Waals surface area contributed by atoms with Crippen LogP contribution in [0.5, 0.6) is 5.75 Å². The van der Waals surface area contributed by atoms with E-state index in [2.05, 4.69) is 22.9 Å². The number of hydrogen-bond acceptors (Lipinski definition) is 6. The molecule has 2 atom stereocenters. The molecule has 35 heavy (non-hydrogen) atoms. The third kappa shape index (κ3) is 6.35. The van der Waals surface area contributed by atoms with Crippen molar-refractivity contribution >= 4 is 56.5 Å². The number of carbonyl (C=O) groups excluding carboxylic acids is 2. The van der Waals surface area contributed by atoms with Gasteiger partial charge in [-0.15, -0.1) is 0 Å². The van der Waals surface area contributed by atoms with Crippen molar-refractivity contribution in [2.45, 2.75) is 45.6 Å². The summed E-state index contributed by atoms with van der Waals surface area (Å²) in [6, 6.07) is 15.4. The Balaban J connectivity index is 1.59. The number of carbonyl (C=O) groups is 2. The van der Waals surface area contributed by atoms with Gasteiger partial charge in [0.05, 0.1) is 21.7 Å². The van der Waals surface area contributed by atoms with Crippen LogP contribution >= 0.6 is 27.7 Å². The monoisotopic (exact) mass is 556 g/mol. The molecule has 1 heterocycles. The summed E-state index contributed by atoms with van der Waals surface area (Å²) < 4.78 is 11.1. The summed E-state index contributed by atoms with van der Waals surface area (Å²) in [5.74, 6) is 0.552. The molecule has 1 aliphatic carbocycles. The molecule has 4 rings (SSSR count). The van der Waals surface area contributed by atoms with Gasteiger partial charge < -0.3 is 9.47 Å². The summed E-state index contributed by atoms with van der Waals surface area (Å²) in [5, 5.41) is 0.736. The van der Waals surface area contributed by atoms with Crippen molar-refractivity contribution in [1.29, 1.82) is 0 Å². The number of ether oxygens (including phenoxy) is 2. The Hall–Kier alpha value is -2.58. The van der Waals surface area contributed by atoms with Crippen molar-refractivity contribution in [3.05, 3.63) is 63.5 Å². The van der Waals surface area contributed by atoms with Crippen molar-refractivity contribution in [1.82, 2.24) is 4.90 Å². The molecule has 1 aliphatic heterocycles. The number of halogens is 1. The van der Waals surface area contributed by atoms with Crippen LogP contribution in [0.25, 0.3) is 6.08 Å². The zero-order valence-corrected chi connectivity index (χ0v) is 22.3. The smallest absolute Gasteiger partial charge is 0.344 e. The SMILES string of the molecule is CCOC(=O)COc1ccc(/C=C2\SC(=Nc3ccccc3)N([C@@H]3CCCC[C@H]3C)C2=O)cc1Br. The fourth-order valence-corrected chi connectivity index (χ4v) is 5.92. The van der Waals surface area contributed by atoms with Gasteiger partial charge in [0.2, 0.25) is 0 Å². The lowest BCUT2D eigenvalue weighted by atomic mass is 9.85. The van der Waals surface area contributed by atoms with Crippen molar-refractivity contribution in [2.75, 3.05) is 13.2 Å². The minimum atomic E-state index is -0.416. The van der Waals surface area contributed by atoms with E-state index in [0.717, 1.165) is 35.7 Å². The van der Waals surface area contributed by atoms with Gasteiger partial charge in [0.1, 0.15) is 5.75 Å². The van der Waals surface area contributed by atoms with E-state index in [1.165, 1.54) is 18.2 Å². The molecule has 2 aliphatic rings. The number of aliphatic imine (C=N–C) groups is 1.